The molecule has 4 fully saturated rings. The van der Waals surface area contributed by atoms with Crippen molar-refractivity contribution in [1.29, 1.82) is 0 Å². The number of hydrogen-bond acceptors (Lipinski definition) is 4. The minimum Gasteiger partial charge on any atom is -0.379 e. The molecule has 1 N–H and O–H groups in total. The summed E-state index contributed by atoms with van der Waals surface area (Å²) in [5.41, 5.74) is 2.33. The molecule has 5 nitrogen and oxygen atoms in total. The van der Waals surface area contributed by atoms with Crippen molar-refractivity contribution in [2.24, 2.45) is 23.2 Å². The molecular weight excluding hydrogens is 408 g/mol. The molecule has 4 aliphatic carbocycles. The number of ketones is 1. The van der Waals surface area contributed by atoms with Crippen LogP contribution in [0.1, 0.15) is 63.5 Å². The van der Waals surface area contributed by atoms with Gasteiger partial charge in [-0.2, -0.15) is 0 Å². The van der Waals surface area contributed by atoms with Crippen LogP contribution < -0.4 is 5.32 Å². The number of carbonyl (C=O) groups is 1. The average molecular weight is 443 g/mol. The molecule has 4 bridgehead atoms. The lowest BCUT2D eigenvalue weighted by Gasteiger charge is -2.55. The normalized spacial score (nSPS) is 34.6. The third-order valence-corrected chi connectivity index (χ3v) is 9.90. The van der Waals surface area contributed by atoms with Crippen molar-refractivity contribution in [3.63, 3.8) is 0 Å². The molecule has 1 aromatic rings. The zero-order valence-corrected chi connectivity index (χ0v) is 19.9. The molecule has 5 aliphatic rings. The second-order valence-electron chi connectivity index (χ2n) is 11.4. The van der Waals surface area contributed by atoms with Crippen LogP contribution in [0, 0.1) is 23.2 Å². The Hall–Kier alpha value is -1.66. The van der Waals surface area contributed by atoms with Crippen LogP contribution >= 0.6 is 0 Å². The van der Waals surface area contributed by atoms with Crippen molar-refractivity contribution in [1.82, 2.24) is 9.62 Å². The smallest absolute Gasteiger partial charge is 0.242 e. The third-order valence-electron chi connectivity index (χ3n) is 8.09. The summed E-state index contributed by atoms with van der Waals surface area (Å²) in [4.78, 5) is 14.0. The number of rotatable bonds is 4. The number of carbonyl (C=O) groups excluding carboxylic acids is 1. The number of sulfonamides is 1. The van der Waals surface area contributed by atoms with Crippen LogP contribution in [0.3, 0.4) is 0 Å². The maximum Gasteiger partial charge on any atom is 0.242 e. The van der Waals surface area contributed by atoms with Gasteiger partial charge in [-0.25, -0.2) is 12.7 Å². The van der Waals surface area contributed by atoms with Crippen LogP contribution in [0.15, 0.2) is 29.2 Å². The largest absolute Gasteiger partial charge is 0.379 e. The molecule has 168 valence electrons. The minimum atomic E-state index is -3.53. The van der Waals surface area contributed by atoms with Gasteiger partial charge in [-0.3, -0.25) is 4.79 Å². The first-order valence-electron chi connectivity index (χ1n) is 11.6. The zero-order valence-electron chi connectivity index (χ0n) is 19.1. The molecule has 1 heterocycles. The summed E-state index contributed by atoms with van der Waals surface area (Å²) < 4.78 is 26.7. The molecule has 0 aromatic heterocycles. The van der Waals surface area contributed by atoms with Gasteiger partial charge in [0, 0.05) is 42.4 Å². The molecule has 0 radical (unpaired) electrons. The van der Waals surface area contributed by atoms with Crippen molar-refractivity contribution in [2.45, 2.75) is 69.2 Å². The predicted octanol–water partition coefficient (Wildman–Crippen LogP) is 3.99. The van der Waals surface area contributed by atoms with E-state index in [4.69, 9.17) is 0 Å². The first-order chi connectivity index (χ1) is 14.5. The van der Waals surface area contributed by atoms with Crippen LogP contribution in [0.4, 0.5) is 0 Å². The van der Waals surface area contributed by atoms with Gasteiger partial charge in [-0.05, 0) is 94.2 Å². The molecule has 31 heavy (non-hydrogen) atoms. The summed E-state index contributed by atoms with van der Waals surface area (Å²) in [7, 11) is -0.444. The van der Waals surface area contributed by atoms with E-state index in [1.807, 2.05) is 12.1 Å². The summed E-state index contributed by atoms with van der Waals surface area (Å²) >= 11 is 0. The number of allylic oxidation sites excluding steroid dienone is 1. The van der Waals surface area contributed by atoms with Gasteiger partial charge in [-0.1, -0.05) is 6.07 Å². The van der Waals surface area contributed by atoms with Gasteiger partial charge in [-0.15, -0.1) is 0 Å². The van der Waals surface area contributed by atoms with Crippen LogP contribution in [0.5, 0.6) is 0 Å². The Morgan fingerprint density at radius 1 is 1.06 bits per heavy atom. The molecule has 0 saturated heterocycles. The monoisotopic (exact) mass is 442 g/mol. The summed E-state index contributed by atoms with van der Waals surface area (Å²) in [5.74, 6) is 2.40. The molecule has 1 aromatic carbocycles. The first kappa shape index (κ1) is 21.2. The van der Waals surface area contributed by atoms with E-state index in [9.17, 15) is 13.2 Å². The number of benzene rings is 1. The lowest BCUT2D eigenvalue weighted by molar-refractivity contribution is -0.138. The van der Waals surface area contributed by atoms with E-state index in [0.29, 0.717) is 17.8 Å². The Morgan fingerprint density at radius 2 is 1.65 bits per heavy atom. The summed E-state index contributed by atoms with van der Waals surface area (Å²) in [5, 5.41) is 3.55. The third kappa shape index (κ3) is 3.56. The molecule has 1 aliphatic heterocycles. The van der Waals surface area contributed by atoms with E-state index in [0.717, 1.165) is 42.5 Å². The van der Waals surface area contributed by atoms with Crippen molar-refractivity contribution in [3.05, 3.63) is 35.4 Å². The maximum absolute atomic E-state index is 13.7. The van der Waals surface area contributed by atoms with Gasteiger partial charge in [0.1, 0.15) is 0 Å². The van der Waals surface area contributed by atoms with Crippen LogP contribution in [-0.2, 0) is 21.2 Å². The highest BCUT2D eigenvalue weighted by molar-refractivity contribution is 7.89. The molecule has 4 saturated carbocycles. The quantitative estimate of drug-likeness (QED) is 0.716. The predicted molar refractivity (Wildman–Crippen MR) is 122 cm³/mol. The standard InChI is InChI=1S/C25H34N2O3S/c1-24(2)15-19-5-6-20(31(29,30)27(3)4)10-21(19)22(26-24)11-23(28)25-12-16-7-17(13-25)9-18(8-16)14-25/h5-6,10-11,16-18,26H,7-9,12-15H2,1-4H3. The van der Waals surface area contributed by atoms with E-state index in [1.165, 1.54) is 23.6 Å². The second kappa shape index (κ2) is 6.92. The Morgan fingerprint density at radius 3 is 2.19 bits per heavy atom. The van der Waals surface area contributed by atoms with Crippen molar-refractivity contribution in [2.75, 3.05) is 14.1 Å². The van der Waals surface area contributed by atoms with Gasteiger partial charge in [0.2, 0.25) is 10.0 Å². The number of hydrogen-bond donors (Lipinski definition) is 1. The highest BCUT2D eigenvalue weighted by Crippen LogP contribution is 2.60. The fraction of sp³-hybridized carbons (Fsp3) is 0.640. The topological polar surface area (TPSA) is 66.5 Å². The first-order valence-corrected chi connectivity index (χ1v) is 13.0. The zero-order chi connectivity index (χ0) is 22.2. The van der Waals surface area contributed by atoms with Crippen LogP contribution in [0.25, 0.3) is 5.70 Å². The molecule has 0 atom stereocenters. The summed E-state index contributed by atoms with van der Waals surface area (Å²) in [6, 6.07) is 5.34. The maximum atomic E-state index is 13.7. The Balaban J connectivity index is 1.55. The average Bonchev–Trinajstić information content (AvgIpc) is 2.65. The molecule has 0 unspecified atom stereocenters. The van der Waals surface area contributed by atoms with Crippen molar-refractivity contribution < 1.29 is 13.2 Å². The van der Waals surface area contributed by atoms with E-state index >= 15 is 0 Å². The summed E-state index contributed by atoms with van der Waals surface area (Å²) in [6.07, 6.45) is 9.63. The van der Waals surface area contributed by atoms with Gasteiger partial charge in [0.25, 0.3) is 0 Å². The van der Waals surface area contributed by atoms with Gasteiger partial charge in [0.05, 0.1) is 4.90 Å². The number of fused-ring (bicyclic) bond motifs is 1. The van der Waals surface area contributed by atoms with Gasteiger partial charge in [0.15, 0.2) is 5.78 Å². The van der Waals surface area contributed by atoms with E-state index in [-0.39, 0.29) is 21.6 Å². The second-order valence-corrected chi connectivity index (χ2v) is 13.6. The van der Waals surface area contributed by atoms with Gasteiger partial charge >= 0.3 is 0 Å². The molecule has 0 spiro atoms. The highest BCUT2D eigenvalue weighted by Gasteiger charge is 2.54. The number of nitrogens with one attached hydrogen (secondary N) is 1. The Labute approximate surface area is 186 Å². The molecule has 6 heteroatoms. The van der Waals surface area contributed by atoms with Crippen molar-refractivity contribution >= 4 is 21.5 Å². The van der Waals surface area contributed by atoms with Crippen LogP contribution in [-0.4, -0.2) is 38.1 Å². The van der Waals surface area contributed by atoms with E-state index in [1.54, 1.807) is 26.2 Å². The lowest BCUT2D eigenvalue weighted by Crippen LogP contribution is -2.50. The Bertz CT molecular complexity index is 1030. The van der Waals surface area contributed by atoms with E-state index in [2.05, 4.69) is 19.2 Å². The number of nitrogens with zero attached hydrogens (tertiary/aromatic N) is 1. The van der Waals surface area contributed by atoms with E-state index < -0.39 is 10.0 Å². The SMILES string of the molecule is CN(C)S(=O)(=O)c1ccc2c(c1)C(=CC(=O)C13CC4CC(CC(C4)C1)C3)NC(C)(C)C2. The van der Waals surface area contributed by atoms with Crippen LogP contribution in [0.2, 0.25) is 0 Å². The van der Waals surface area contributed by atoms with Crippen molar-refractivity contribution in [3.8, 4) is 0 Å². The minimum absolute atomic E-state index is 0.192. The molecule has 6 rings (SSSR count). The fourth-order valence-corrected chi connectivity index (χ4v) is 8.02. The highest BCUT2D eigenvalue weighted by atomic mass is 32.2. The molecular formula is C25H34N2O3S. The Kier molecular flexibility index (Phi) is 4.73. The molecule has 0 amide bonds. The fourth-order valence-electron chi connectivity index (χ4n) is 7.09. The van der Waals surface area contributed by atoms with Gasteiger partial charge < -0.3 is 5.32 Å². The summed E-state index contributed by atoms with van der Waals surface area (Å²) in [6.45, 7) is 4.26. The lowest BCUT2D eigenvalue weighted by atomic mass is 9.48.